The van der Waals surface area contributed by atoms with E-state index in [1.807, 2.05) is 19.1 Å². The molecule has 2 aliphatic heterocycles. The van der Waals surface area contributed by atoms with Gasteiger partial charge in [0, 0.05) is 11.1 Å². The lowest BCUT2D eigenvalue weighted by Gasteiger charge is -2.22. The lowest BCUT2D eigenvalue weighted by Crippen LogP contribution is -2.55. The number of hydrogen-bond donors (Lipinski definition) is 0. The standard InChI is InChI=1S/C25H26ClNO8/c1-4-31-22(28)25(23(29)32-5-2)34-19-10-9-16(12-20(19)35-25)11-15(3)27-14-21(33-24(27)30)17-7-6-8-18(26)13-17/h6-10,12-13,15,21H,4-5,11,14H2,1-3H3/t15-,21+/m1/s1. The zero-order chi connectivity index (χ0) is 25.2. The first kappa shape index (κ1) is 24.7. The maximum absolute atomic E-state index is 12.6. The Morgan fingerprint density at radius 3 is 2.43 bits per heavy atom. The summed E-state index contributed by atoms with van der Waals surface area (Å²) in [6, 6.07) is 12.1. The van der Waals surface area contributed by atoms with Gasteiger partial charge in [0.1, 0.15) is 6.10 Å². The van der Waals surface area contributed by atoms with E-state index in [1.54, 1.807) is 49.1 Å². The molecular formula is C25H26ClNO8. The molecular weight excluding hydrogens is 478 g/mol. The predicted octanol–water partition coefficient (Wildman–Crippen LogP) is 4.06. The monoisotopic (exact) mass is 503 g/mol. The smallest absolute Gasteiger partial charge is 0.453 e. The molecule has 2 heterocycles. The molecule has 10 heteroatoms. The third-order valence-corrected chi connectivity index (χ3v) is 5.96. The van der Waals surface area contributed by atoms with Crippen LogP contribution in [0.4, 0.5) is 4.79 Å². The van der Waals surface area contributed by atoms with Crippen LogP contribution in [0.25, 0.3) is 0 Å². The largest absolute Gasteiger partial charge is 0.460 e. The highest BCUT2D eigenvalue weighted by Gasteiger charge is 2.59. The number of rotatable bonds is 8. The van der Waals surface area contributed by atoms with Crippen molar-refractivity contribution < 1.29 is 38.1 Å². The Morgan fingerprint density at radius 2 is 1.77 bits per heavy atom. The average Bonchev–Trinajstić information content (AvgIpc) is 3.41. The molecule has 2 aromatic carbocycles. The lowest BCUT2D eigenvalue weighted by molar-refractivity contribution is -0.202. The van der Waals surface area contributed by atoms with Gasteiger partial charge in [0.2, 0.25) is 0 Å². The van der Waals surface area contributed by atoms with Crippen molar-refractivity contribution in [3.8, 4) is 11.5 Å². The van der Waals surface area contributed by atoms with Crippen molar-refractivity contribution in [1.82, 2.24) is 4.90 Å². The summed E-state index contributed by atoms with van der Waals surface area (Å²) in [5.41, 5.74) is 1.64. The molecule has 35 heavy (non-hydrogen) atoms. The molecule has 0 spiro atoms. The van der Waals surface area contributed by atoms with Crippen LogP contribution < -0.4 is 9.47 Å². The van der Waals surface area contributed by atoms with Gasteiger partial charge in [-0.2, -0.15) is 0 Å². The van der Waals surface area contributed by atoms with Gasteiger partial charge in [-0.15, -0.1) is 0 Å². The number of fused-ring (bicyclic) bond motifs is 1. The van der Waals surface area contributed by atoms with Crippen molar-refractivity contribution in [3.05, 3.63) is 58.6 Å². The van der Waals surface area contributed by atoms with E-state index in [2.05, 4.69) is 0 Å². The number of esters is 2. The second kappa shape index (κ2) is 10.0. The summed E-state index contributed by atoms with van der Waals surface area (Å²) in [5.74, 6) is -3.91. The topological polar surface area (TPSA) is 101 Å². The van der Waals surface area contributed by atoms with E-state index >= 15 is 0 Å². The third-order valence-electron chi connectivity index (χ3n) is 5.73. The van der Waals surface area contributed by atoms with Crippen molar-refractivity contribution in [3.63, 3.8) is 0 Å². The highest BCUT2D eigenvalue weighted by Crippen LogP contribution is 2.41. The van der Waals surface area contributed by atoms with Gasteiger partial charge in [0.05, 0.1) is 19.8 Å². The van der Waals surface area contributed by atoms with E-state index in [4.69, 9.17) is 35.3 Å². The zero-order valence-electron chi connectivity index (χ0n) is 19.6. The molecule has 0 N–H and O–H groups in total. The lowest BCUT2D eigenvalue weighted by atomic mass is 10.0. The van der Waals surface area contributed by atoms with Crippen LogP contribution in [-0.2, 0) is 30.2 Å². The van der Waals surface area contributed by atoms with Crippen LogP contribution in [0.2, 0.25) is 5.02 Å². The van der Waals surface area contributed by atoms with Crippen LogP contribution in [0, 0.1) is 0 Å². The van der Waals surface area contributed by atoms with E-state index in [0.717, 1.165) is 11.1 Å². The van der Waals surface area contributed by atoms with Gasteiger partial charge in [-0.25, -0.2) is 14.4 Å². The first-order valence-electron chi connectivity index (χ1n) is 11.4. The molecule has 1 amide bonds. The maximum Gasteiger partial charge on any atom is 0.453 e. The fourth-order valence-electron chi connectivity index (χ4n) is 4.05. The zero-order valence-corrected chi connectivity index (χ0v) is 20.4. The summed E-state index contributed by atoms with van der Waals surface area (Å²) < 4.78 is 26.8. The van der Waals surface area contributed by atoms with Gasteiger partial charge in [-0.3, -0.25) is 0 Å². The minimum atomic E-state index is -2.35. The normalized spacial score (nSPS) is 18.7. The Labute approximate surface area is 207 Å². The number of amides is 1. The summed E-state index contributed by atoms with van der Waals surface area (Å²) in [7, 11) is 0. The highest BCUT2D eigenvalue weighted by atomic mass is 35.5. The number of cyclic esters (lactones) is 1. The van der Waals surface area contributed by atoms with E-state index in [0.29, 0.717) is 18.0 Å². The molecule has 186 valence electrons. The van der Waals surface area contributed by atoms with E-state index in [-0.39, 0.29) is 30.8 Å². The Balaban J connectivity index is 1.48. The van der Waals surface area contributed by atoms with Gasteiger partial charge < -0.3 is 28.6 Å². The fraction of sp³-hybridized carbons (Fsp3) is 0.400. The second-order valence-electron chi connectivity index (χ2n) is 8.18. The van der Waals surface area contributed by atoms with Crippen LogP contribution >= 0.6 is 11.6 Å². The van der Waals surface area contributed by atoms with Crippen molar-refractivity contribution in [2.45, 2.75) is 45.1 Å². The highest BCUT2D eigenvalue weighted by molar-refractivity contribution is 6.30. The van der Waals surface area contributed by atoms with E-state index in [9.17, 15) is 14.4 Å². The second-order valence-corrected chi connectivity index (χ2v) is 8.61. The van der Waals surface area contributed by atoms with Gasteiger partial charge in [-0.05, 0) is 62.6 Å². The molecule has 2 aliphatic rings. The quantitative estimate of drug-likeness (QED) is 0.302. The minimum Gasteiger partial charge on any atom is -0.460 e. The number of halogens is 1. The third kappa shape index (κ3) is 4.86. The van der Waals surface area contributed by atoms with Crippen molar-refractivity contribution in [2.24, 2.45) is 0 Å². The first-order chi connectivity index (χ1) is 16.8. The summed E-state index contributed by atoms with van der Waals surface area (Å²) in [6.07, 6.45) is -0.346. The van der Waals surface area contributed by atoms with E-state index in [1.165, 1.54) is 0 Å². The fourth-order valence-corrected chi connectivity index (χ4v) is 4.25. The molecule has 4 rings (SSSR count). The molecule has 0 saturated carbocycles. The van der Waals surface area contributed by atoms with Crippen molar-refractivity contribution >= 4 is 29.6 Å². The Kier molecular flexibility index (Phi) is 7.07. The van der Waals surface area contributed by atoms with Crippen LogP contribution in [0.1, 0.15) is 38.0 Å². The molecule has 9 nitrogen and oxygen atoms in total. The number of carbonyl (C=O) groups excluding carboxylic acids is 3. The Hall–Kier alpha value is -3.46. The first-order valence-corrected chi connectivity index (χ1v) is 11.7. The van der Waals surface area contributed by atoms with Crippen LogP contribution in [0.5, 0.6) is 11.5 Å². The molecule has 2 atom stereocenters. The molecule has 0 unspecified atom stereocenters. The van der Waals surface area contributed by atoms with E-state index < -0.39 is 29.9 Å². The van der Waals surface area contributed by atoms with Gasteiger partial charge in [0.25, 0.3) is 0 Å². The molecule has 0 aromatic heterocycles. The summed E-state index contributed by atoms with van der Waals surface area (Å²) >= 11 is 6.07. The van der Waals surface area contributed by atoms with Gasteiger partial charge in [-0.1, -0.05) is 29.8 Å². The Bertz CT molecular complexity index is 1120. The average molecular weight is 504 g/mol. The number of hydrogen-bond acceptors (Lipinski definition) is 8. The molecule has 1 saturated heterocycles. The SMILES string of the molecule is CCOC(=O)C1(C(=O)OCC)Oc2ccc(C[C@@H](C)N3C[C@@H](c4cccc(Cl)c4)OC3=O)cc2O1. The molecule has 0 radical (unpaired) electrons. The van der Waals surface area contributed by atoms with Crippen LogP contribution in [0.3, 0.4) is 0 Å². The van der Waals surface area contributed by atoms with Crippen molar-refractivity contribution in [2.75, 3.05) is 19.8 Å². The maximum atomic E-state index is 12.6. The number of nitrogens with zero attached hydrogens (tertiary/aromatic N) is 1. The summed E-state index contributed by atoms with van der Waals surface area (Å²) in [5, 5.41) is 0.576. The van der Waals surface area contributed by atoms with Crippen LogP contribution in [-0.4, -0.2) is 54.5 Å². The molecule has 0 bridgehead atoms. The molecule has 2 aromatic rings. The minimum absolute atomic E-state index is 0.0356. The van der Waals surface area contributed by atoms with Gasteiger partial charge >= 0.3 is 23.8 Å². The van der Waals surface area contributed by atoms with Crippen molar-refractivity contribution in [1.29, 1.82) is 0 Å². The number of carbonyl (C=O) groups is 3. The van der Waals surface area contributed by atoms with Crippen LogP contribution in [0.15, 0.2) is 42.5 Å². The number of ether oxygens (including phenoxy) is 5. The number of benzene rings is 2. The molecule has 0 aliphatic carbocycles. The summed E-state index contributed by atoms with van der Waals surface area (Å²) in [4.78, 5) is 39.3. The Morgan fingerprint density at radius 1 is 1.09 bits per heavy atom. The predicted molar refractivity (Wildman–Crippen MR) is 124 cm³/mol. The summed E-state index contributed by atoms with van der Waals surface area (Å²) in [6.45, 7) is 5.59. The molecule has 1 fully saturated rings. The van der Waals surface area contributed by atoms with Gasteiger partial charge in [0.15, 0.2) is 11.5 Å².